The standard InChI is InChI=1S/C57H60ClN7O9/c1-32(2)49(64-57(69)74-31-42-39-15-8-6-13-37(39)38-14-7-9-16-40(38)42)55(67)63-43(18-10-11-23-59)54(66)61-36-21-19-33(20-22-36)30-73-46-27-45-48(41-17-12-24-60-51(41)46)35(28-58)29-65(45)56(68)44-25-34-26-47(70-3)52(71-4)53(72-5)50(34)62-44/h6-9,12-17,19-22,24-27,32,35,42-43,49,62H,10-11,18,23,28-31,59H2,1-5H3,(H,61,66)(H,63,67)(H,64,69)/t35?,43-,49-/m0/s1. The number of alkyl halides is 1. The summed E-state index contributed by atoms with van der Waals surface area (Å²) in [4.78, 5) is 65.2. The molecule has 0 fully saturated rings. The van der Waals surface area contributed by atoms with Gasteiger partial charge in [0.05, 0.1) is 32.5 Å². The first kappa shape index (κ1) is 51.1. The highest BCUT2D eigenvalue weighted by atomic mass is 35.5. The van der Waals surface area contributed by atoms with Crippen LogP contribution in [-0.2, 0) is 20.9 Å². The number of aromatic nitrogens is 2. The number of hydrogen-bond acceptors (Lipinski definition) is 11. The Morgan fingerprint density at radius 2 is 1.54 bits per heavy atom. The highest BCUT2D eigenvalue weighted by molar-refractivity contribution is 6.19. The Kier molecular flexibility index (Phi) is 15.6. The molecule has 0 bridgehead atoms. The van der Waals surface area contributed by atoms with Crippen molar-refractivity contribution >= 4 is 68.6 Å². The lowest BCUT2D eigenvalue weighted by Gasteiger charge is -2.25. The second kappa shape index (κ2) is 22.5. The molecule has 6 N–H and O–H groups in total. The molecule has 2 aromatic heterocycles. The summed E-state index contributed by atoms with van der Waals surface area (Å²) >= 11 is 6.60. The zero-order valence-electron chi connectivity index (χ0n) is 42.0. The van der Waals surface area contributed by atoms with Crippen LogP contribution in [0.25, 0.3) is 32.9 Å². The molecule has 3 atom stereocenters. The van der Waals surface area contributed by atoms with Crippen molar-refractivity contribution in [2.75, 3.05) is 57.1 Å². The van der Waals surface area contributed by atoms with Gasteiger partial charge in [-0.3, -0.25) is 19.4 Å². The number of carbonyl (C=O) groups is 4. The Balaban J connectivity index is 0.862. The Hall–Kier alpha value is -7.82. The molecule has 0 saturated carbocycles. The molecule has 5 aromatic carbocycles. The number of unbranched alkanes of at least 4 members (excludes halogenated alkanes) is 1. The average molecular weight is 1020 g/mol. The summed E-state index contributed by atoms with van der Waals surface area (Å²) in [6.45, 7) is 4.64. The van der Waals surface area contributed by atoms with Crippen molar-refractivity contribution in [1.82, 2.24) is 20.6 Å². The van der Waals surface area contributed by atoms with E-state index < -0.39 is 30.0 Å². The largest absolute Gasteiger partial charge is 0.493 e. The fraction of sp³-hybridized carbons (Fsp3) is 0.316. The topological polar surface area (TPSA) is 208 Å². The Morgan fingerprint density at radius 3 is 2.20 bits per heavy atom. The molecule has 384 valence electrons. The van der Waals surface area contributed by atoms with Crippen molar-refractivity contribution in [3.8, 4) is 34.1 Å². The van der Waals surface area contributed by atoms with E-state index in [0.717, 1.165) is 38.8 Å². The molecule has 1 unspecified atom stereocenters. The third kappa shape index (κ3) is 10.2. The normalized spacial score (nSPS) is 14.5. The van der Waals surface area contributed by atoms with Crippen molar-refractivity contribution in [1.29, 1.82) is 0 Å². The summed E-state index contributed by atoms with van der Waals surface area (Å²) in [6.07, 6.45) is 2.55. The van der Waals surface area contributed by atoms with Gasteiger partial charge in [0.15, 0.2) is 11.5 Å². The van der Waals surface area contributed by atoms with E-state index in [1.165, 1.54) is 21.3 Å². The van der Waals surface area contributed by atoms with E-state index in [9.17, 15) is 19.2 Å². The summed E-state index contributed by atoms with van der Waals surface area (Å²) in [5.74, 6) is 0.203. The van der Waals surface area contributed by atoms with Crippen LogP contribution in [-0.4, -0.2) is 92.8 Å². The third-order valence-electron chi connectivity index (χ3n) is 13.8. The smallest absolute Gasteiger partial charge is 0.407 e. The van der Waals surface area contributed by atoms with Gasteiger partial charge in [-0.15, -0.1) is 11.6 Å². The molecule has 17 heteroatoms. The monoisotopic (exact) mass is 1020 g/mol. The van der Waals surface area contributed by atoms with Crippen LogP contribution in [0.3, 0.4) is 0 Å². The molecular formula is C57H60ClN7O9. The molecule has 0 spiro atoms. The van der Waals surface area contributed by atoms with Crippen molar-refractivity contribution in [2.45, 2.75) is 63.6 Å². The molecule has 4 amide bonds. The number of nitrogens with zero attached hydrogens (tertiary/aromatic N) is 2. The molecule has 1 aliphatic carbocycles. The van der Waals surface area contributed by atoms with Gasteiger partial charge < -0.3 is 55.3 Å². The molecule has 2 aliphatic rings. The number of alkyl carbamates (subject to hydrolysis) is 1. The van der Waals surface area contributed by atoms with Gasteiger partial charge in [0, 0.05) is 53.0 Å². The number of halogens is 1. The van der Waals surface area contributed by atoms with Crippen molar-refractivity contribution in [2.24, 2.45) is 11.7 Å². The second-order valence-electron chi connectivity index (χ2n) is 18.8. The number of aromatic amines is 1. The summed E-state index contributed by atoms with van der Waals surface area (Å²) in [5.41, 5.74) is 14.6. The van der Waals surface area contributed by atoms with Gasteiger partial charge in [-0.05, 0) is 95.4 Å². The fourth-order valence-electron chi connectivity index (χ4n) is 10.1. The number of amides is 4. The lowest BCUT2D eigenvalue weighted by Crippen LogP contribution is -2.54. The zero-order chi connectivity index (χ0) is 52.0. The number of ether oxygens (including phenoxy) is 5. The quantitative estimate of drug-likeness (QED) is 0.0359. The van der Waals surface area contributed by atoms with Gasteiger partial charge in [-0.25, -0.2) is 4.79 Å². The van der Waals surface area contributed by atoms with Crippen molar-refractivity contribution in [3.05, 3.63) is 137 Å². The first-order valence-corrected chi connectivity index (χ1v) is 25.3. The van der Waals surface area contributed by atoms with E-state index in [4.69, 9.17) is 46.0 Å². The molecule has 1 aliphatic heterocycles. The van der Waals surface area contributed by atoms with Crippen LogP contribution in [0.5, 0.6) is 23.0 Å². The van der Waals surface area contributed by atoms with Gasteiger partial charge in [0.25, 0.3) is 5.91 Å². The Bertz CT molecular complexity index is 3170. The summed E-state index contributed by atoms with van der Waals surface area (Å²) in [7, 11) is 4.59. The average Bonchev–Trinajstić information content (AvgIpc) is 4.12. The number of methoxy groups -OCH3 is 3. The van der Waals surface area contributed by atoms with Crippen molar-refractivity contribution < 1.29 is 42.9 Å². The van der Waals surface area contributed by atoms with Crippen LogP contribution in [0, 0.1) is 5.92 Å². The van der Waals surface area contributed by atoms with Crippen LogP contribution in [0.4, 0.5) is 16.2 Å². The van der Waals surface area contributed by atoms with Crippen LogP contribution in [0.1, 0.15) is 77.7 Å². The molecule has 3 heterocycles. The summed E-state index contributed by atoms with van der Waals surface area (Å²) in [5, 5.41) is 10.1. The number of anilines is 2. The van der Waals surface area contributed by atoms with Crippen LogP contribution < -0.4 is 45.5 Å². The van der Waals surface area contributed by atoms with Crippen LogP contribution >= 0.6 is 11.6 Å². The lowest BCUT2D eigenvalue weighted by atomic mass is 9.97. The van der Waals surface area contributed by atoms with Crippen LogP contribution in [0.2, 0.25) is 0 Å². The number of benzene rings is 5. The zero-order valence-corrected chi connectivity index (χ0v) is 42.7. The lowest BCUT2D eigenvalue weighted by molar-refractivity contribution is -0.128. The maximum atomic E-state index is 14.5. The number of rotatable bonds is 20. The van der Waals surface area contributed by atoms with E-state index in [0.29, 0.717) is 88.8 Å². The number of nitrogens with two attached hydrogens (primary N) is 1. The van der Waals surface area contributed by atoms with E-state index in [1.54, 1.807) is 35.4 Å². The SMILES string of the molecule is COc1cc2cc(C(=O)N3CC(CCl)c4c3cc(OCc3ccc(NC(=O)[C@H](CCCCN)NC(=O)[C@@H](NC(=O)OCC5c6ccccc6-c6ccccc65)C(C)C)cc3)c3ncccc43)[nH]c2c(OC)c1OC. The van der Waals surface area contributed by atoms with Crippen molar-refractivity contribution in [3.63, 3.8) is 0 Å². The molecule has 0 saturated heterocycles. The third-order valence-corrected chi connectivity index (χ3v) is 14.2. The van der Waals surface area contributed by atoms with E-state index in [-0.39, 0.29) is 42.8 Å². The first-order valence-electron chi connectivity index (χ1n) is 24.7. The Morgan fingerprint density at radius 1 is 0.824 bits per heavy atom. The highest BCUT2D eigenvalue weighted by Crippen LogP contribution is 2.48. The van der Waals surface area contributed by atoms with Gasteiger partial charge in [0.1, 0.15) is 42.3 Å². The van der Waals surface area contributed by atoms with Gasteiger partial charge in [0.2, 0.25) is 17.6 Å². The van der Waals surface area contributed by atoms with Gasteiger partial charge in [-0.1, -0.05) is 80.6 Å². The maximum Gasteiger partial charge on any atom is 0.407 e. The molecule has 0 radical (unpaired) electrons. The number of hydrogen-bond donors (Lipinski definition) is 5. The summed E-state index contributed by atoms with van der Waals surface area (Å²) in [6, 6.07) is 30.6. The number of fused-ring (bicyclic) bond motifs is 7. The minimum atomic E-state index is -0.975. The van der Waals surface area contributed by atoms with Crippen LogP contribution in [0.15, 0.2) is 109 Å². The van der Waals surface area contributed by atoms with Gasteiger partial charge >= 0.3 is 6.09 Å². The minimum absolute atomic E-state index is 0.0952. The second-order valence-corrected chi connectivity index (χ2v) is 19.1. The maximum absolute atomic E-state index is 14.5. The molecule has 7 aromatic rings. The van der Waals surface area contributed by atoms with Gasteiger partial charge in [-0.2, -0.15) is 0 Å². The molecule has 9 rings (SSSR count). The van der Waals surface area contributed by atoms with E-state index in [1.807, 2.05) is 80.6 Å². The predicted molar refractivity (Wildman–Crippen MR) is 286 cm³/mol. The minimum Gasteiger partial charge on any atom is -0.493 e. The number of carbonyl (C=O) groups excluding carboxylic acids is 4. The number of nitrogens with one attached hydrogen (secondary N) is 4. The Labute approximate surface area is 434 Å². The number of pyridine rings is 1. The highest BCUT2D eigenvalue weighted by Gasteiger charge is 2.37. The molecule has 16 nitrogen and oxygen atoms in total. The molecule has 74 heavy (non-hydrogen) atoms. The number of H-pyrrole nitrogens is 1. The summed E-state index contributed by atoms with van der Waals surface area (Å²) < 4.78 is 29.1. The van der Waals surface area contributed by atoms with E-state index in [2.05, 4.69) is 33.1 Å². The molecular weight excluding hydrogens is 962 g/mol. The van der Waals surface area contributed by atoms with E-state index >= 15 is 0 Å². The first-order chi connectivity index (χ1) is 36.0. The predicted octanol–water partition coefficient (Wildman–Crippen LogP) is 9.42. The fourth-order valence-corrected chi connectivity index (χ4v) is 10.4.